The molecule has 1 aliphatic carbocycles. The SMILES string of the molecule is O=S(=O)(c1ccc(F)cc1)C1(c2ccc(C(OCc3c(F)cccc3F)(C(F)(F)F)C(F)(F)F)cc2)Cc2ccc(Br)cc2C1. The van der Waals surface area contributed by atoms with Crippen LogP contribution < -0.4 is 0 Å². The van der Waals surface area contributed by atoms with Gasteiger partial charge < -0.3 is 4.74 Å². The fourth-order valence-corrected chi connectivity index (χ4v) is 8.08. The van der Waals surface area contributed by atoms with Crippen molar-refractivity contribution in [1.82, 2.24) is 0 Å². The van der Waals surface area contributed by atoms with E-state index >= 15 is 0 Å². The Morgan fingerprint density at radius 2 is 1.29 bits per heavy atom. The number of halogens is 10. The first kappa shape index (κ1) is 33.0. The summed E-state index contributed by atoms with van der Waals surface area (Å²) in [6.07, 6.45) is -12.8. The lowest BCUT2D eigenvalue weighted by Gasteiger charge is -2.38. The lowest BCUT2D eigenvalue weighted by Crippen LogP contribution is -2.56. The first-order chi connectivity index (χ1) is 20.9. The van der Waals surface area contributed by atoms with Crippen molar-refractivity contribution in [2.24, 2.45) is 0 Å². The fourth-order valence-electron chi connectivity index (χ4n) is 5.59. The number of hydrogen-bond donors (Lipinski definition) is 0. The van der Waals surface area contributed by atoms with Crippen molar-refractivity contribution in [3.63, 3.8) is 0 Å². The molecule has 45 heavy (non-hydrogen) atoms. The first-order valence-electron chi connectivity index (χ1n) is 13.0. The maximum absolute atomic E-state index is 14.4. The third kappa shape index (κ3) is 5.54. The van der Waals surface area contributed by atoms with E-state index in [1.165, 1.54) is 0 Å². The maximum Gasteiger partial charge on any atom is 0.430 e. The van der Waals surface area contributed by atoms with E-state index in [9.17, 15) is 47.9 Å². The molecule has 0 fully saturated rings. The number of alkyl halides is 6. The third-order valence-corrected chi connectivity index (χ3v) is 10.8. The van der Waals surface area contributed by atoms with Crippen LogP contribution in [-0.4, -0.2) is 20.8 Å². The fraction of sp³-hybridized carbons (Fsp3) is 0.226. The van der Waals surface area contributed by atoms with Crippen molar-refractivity contribution in [1.29, 1.82) is 0 Å². The normalized spacial score (nSPS) is 17.4. The molecular weight excluding hydrogens is 703 g/mol. The van der Waals surface area contributed by atoms with Crippen LogP contribution in [0.1, 0.15) is 27.8 Å². The van der Waals surface area contributed by atoms with Gasteiger partial charge in [-0.05, 0) is 78.1 Å². The molecule has 0 heterocycles. The molecule has 14 heteroatoms. The Balaban J connectivity index is 1.65. The van der Waals surface area contributed by atoms with E-state index in [0.29, 0.717) is 39.9 Å². The monoisotopic (exact) mass is 722 g/mol. The van der Waals surface area contributed by atoms with Gasteiger partial charge in [-0.15, -0.1) is 0 Å². The zero-order chi connectivity index (χ0) is 33.0. The van der Waals surface area contributed by atoms with Crippen LogP contribution in [0.4, 0.5) is 39.5 Å². The molecule has 3 nitrogen and oxygen atoms in total. The number of hydrogen-bond acceptors (Lipinski definition) is 3. The Morgan fingerprint density at radius 1 is 0.733 bits per heavy atom. The van der Waals surface area contributed by atoms with Gasteiger partial charge in [0.25, 0.3) is 5.60 Å². The highest BCUT2D eigenvalue weighted by Gasteiger charge is 2.73. The molecule has 0 spiro atoms. The lowest BCUT2D eigenvalue weighted by atomic mass is 9.88. The van der Waals surface area contributed by atoms with Crippen molar-refractivity contribution in [2.45, 2.75) is 47.0 Å². The highest BCUT2D eigenvalue weighted by molar-refractivity contribution is 9.10. The summed E-state index contributed by atoms with van der Waals surface area (Å²) >= 11 is 3.31. The molecule has 0 N–H and O–H groups in total. The molecule has 0 bridgehead atoms. The number of fused-ring (bicyclic) bond motifs is 1. The van der Waals surface area contributed by atoms with Crippen LogP contribution in [-0.2, 0) is 44.4 Å². The van der Waals surface area contributed by atoms with Crippen LogP contribution >= 0.6 is 15.9 Å². The predicted molar refractivity (Wildman–Crippen MR) is 148 cm³/mol. The highest BCUT2D eigenvalue weighted by Crippen LogP contribution is 2.54. The van der Waals surface area contributed by atoms with Crippen molar-refractivity contribution in [2.75, 3.05) is 0 Å². The quantitative estimate of drug-likeness (QED) is 0.141. The van der Waals surface area contributed by atoms with Crippen molar-refractivity contribution >= 4 is 25.8 Å². The predicted octanol–water partition coefficient (Wildman–Crippen LogP) is 8.87. The van der Waals surface area contributed by atoms with Crippen LogP contribution in [0.15, 0.2) is 94.3 Å². The second-order valence-electron chi connectivity index (χ2n) is 10.5. The van der Waals surface area contributed by atoms with Crippen molar-refractivity contribution in [3.8, 4) is 0 Å². The van der Waals surface area contributed by atoms with E-state index in [0.717, 1.165) is 42.5 Å². The molecule has 5 rings (SSSR count). The van der Waals surface area contributed by atoms with E-state index in [1.54, 1.807) is 18.2 Å². The molecule has 0 radical (unpaired) electrons. The summed E-state index contributed by atoms with van der Waals surface area (Å²) in [6, 6.07) is 13.5. The molecule has 238 valence electrons. The van der Waals surface area contributed by atoms with E-state index in [2.05, 4.69) is 20.7 Å². The second-order valence-corrected chi connectivity index (χ2v) is 13.6. The van der Waals surface area contributed by atoms with Gasteiger partial charge in [0, 0.05) is 15.6 Å². The molecule has 0 aromatic heterocycles. The lowest BCUT2D eigenvalue weighted by molar-refractivity contribution is -0.392. The van der Waals surface area contributed by atoms with Gasteiger partial charge in [-0.25, -0.2) is 21.6 Å². The van der Waals surface area contributed by atoms with E-state index in [4.69, 9.17) is 0 Å². The third-order valence-electron chi connectivity index (χ3n) is 7.87. The summed E-state index contributed by atoms with van der Waals surface area (Å²) in [5.74, 6) is -3.55. The second kappa shape index (κ2) is 11.5. The Labute approximate surface area is 259 Å². The summed E-state index contributed by atoms with van der Waals surface area (Å²) in [4.78, 5) is -0.310. The van der Waals surface area contributed by atoms with Gasteiger partial charge in [0.15, 0.2) is 9.84 Å². The smallest absolute Gasteiger partial charge is 0.349 e. The van der Waals surface area contributed by atoms with Gasteiger partial charge in [0.05, 0.1) is 11.5 Å². The molecule has 4 aromatic rings. The van der Waals surface area contributed by atoms with Crippen LogP contribution in [0.25, 0.3) is 0 Å². The number of ether oxygens (including phenoxy) is 1. The zero-order valence-electron chi connectivity index (χ0n) is 22.6. The number of sulfone groups is 1. The Kier molecular flexibility index (Phi) is 8.41. The van der Waals surface area contributed by atoms with Crippen molar-refractivity contribution < 1.29 is 52.7 Å². The number of rotatable bonds is 7. The molecule has 0 aliphatic heterocycles. The van der Waals surface area contributed by atoms with Gasteiger partial charge in [0.1, 0.15) is 22.2 Å². The Morgan fingerprint density at radius 3 is 1.84 bits per heavy atom. The summed E-state index contributed by atoms with van der Waals surface area (Å²) in [5, 5.41) is 0. The topological polar surface area (TPSA) is 43.4 Å². The summed E-state index contributed by atoms with van der Waals surface area (Å²) in [7, 11) is -4.45. The molecule has 1 aliphatic rings. The van der Waals surface area contributed by atoms with E-state index in [-0.39, 0.29) is 23.3 Å². The summed E-state index contributed by atoms with van der Waals surface area (Å²) in [6.45, 7) is -1.73. The summed E-state index contributed by atoms with van der Waals surface area (Å²) in [5.41, 5.74) is -6.68. The van der Waals surface area contributed by atoms with Gasteiger partial charge in [-0.3, -0.25) is 0 Å². The van der Waals surface area contributed by atoms with Crippen LogP contribution in [0.2, 0.25) is 0 Å². The largest absolute Gasteiger partial charge is 0.430 e. The first-order valence-corrected chi connectivity index (χ1v) is 15.3. The Hall–Kier alpha value is -3.36. The summed E-state index contributed by atoms with van der Waals surface area (Å²) < 4.78 is 160. The minimum absolute atomic E-state index is 0.138. The molecular formula is C31H20BrF9O3S. The van der Waals surface area contributed by atoms with E-state index in [1.807, 2.05) is 0 Å². The standard InChI is InChI=1S/C31H20BrF9O3S/c32-22-9-4-18-15-28(16-19(18)14-22,45(42,43)24-12-10-23(33)11-13-24)20-5-7-21(8-6-20)29(30(36,37)38,31(39,40)41)44-17-25-26(34)2-1-3-27(25)35/h1-14H,15-17H2. The molecule has 4 aromatic carbocycles. The maximum atomic E-state index is 14.4. The van der Waals surface area contributed by atoms with Gasteiger partial charge >= 0.3 is 12.4 Å². The minimum atomic E-state index is -6.18. The minimum Gasteiger partial charge on any atom is -0.349 e. The molecule has 1 unspecified atom stereocenters. The molecule has 0 saturated carbocycles. The van der Waals surface area contributed by atoms with Gasteiger partial charge in [-0.2, -0.15) is 26.3 Å². The van der Waals surface area contributed by atoms with Gasteiger partial charge in [-0.1, -0.05) is 52.3 Å². The molecule has 1 atom stereocenters. The molecule has 0 amide bonds. The van der Waals surface area contributed by atoms with Gasteiger partial charge in [0.2, 0.25) is 0 Å². The van der Waals surface area contributed by atoms with E-state index < -0.39 is 67.7 Å². The average Bonchev–Trinajstić information content (AvgIpc) is 3.34. The van der Waals surface area contributed by atoms with Crippen LogP contribution in [0.5, 0.6) is 0 Å². The Bertz CT molecular complexity index is 1800. The van der Waals surface area contributed by atoms with Crippen molar-refractivity contribution in [3.05, 3.63) is 135 Å². The zero-order valence-corrected chi connectivity index (χ0v) is 25.0. The number of benzene rings is 4. The molecule has 0 saturated heterocycles. The highest BCUT2D eigenvalue weighted by atomic mass is 79.9. The average molecular weight is 723 g/mol. The van der Waals surface area contributed by atoms with Crippen LogP contribution in [0.3, 0.4) is 0 Å². The van der Waals surface area contributed by atoms with Crippen LogP contribution in [0, 0.1) is 17.5 Å².